The first-order chi connectivity index (χ1) is 16.5. The quantitative estimate of drug-likeness (QED) is 0.258. The molecule has 1 aliphatic rings. The van der Waals surface area contributed by atoms with E-state index in [9.17, 15) is 19.7 Å². The van der Waals surface area contributed by atoms with E-state index < -0.39 is 10.5 Å². The number of piperazine rings is 1. The van der Waals surface area contributed by atoms with Crippen molar-refractivity contribution in [3.63, 3.8) is 0 Å². The normalized spacial score (nSPS) is 13.8. The monoisotopic (exact) mass is 455 g/mol. The van der Waals surface area contributed by atoms with Crippen molar-refractivity contribution < 1.29 is 14.1 Å². The molecule has 0 N–H and O–H groups in total. The molecule has 0 aliphatic carbocycles. The summed E-state index contributed by atoms with van der Waals surface area (Å²) in [6.07, 6.45) is 0. The van der Waals surface area contributed by atoms with Crippen LogP contribution in [0.25, 0.3) is 22.1 Å². The average molecular weight is 455 g/mol. The number of non-ortho nitro benzene ring substituents is 1. The van der Waals surface area contributed by atoms with Gasteiger partial charge in [0.15, 0.2) is 0 Å². The highest BCUT2D eigenvalue weighted by Gasteiger charge is 2.23. The maximum Gasteiger partial charge on any atom is 0.344 e. The van der Waals surface area contributed by atoms with Crippen LogP contribution in [-0.2, 0) is 0 Å². The van der Waals surface area contributed by atoms with Crippen LogP contribution in [0.1, 0.15) is 10.4 Å². The van der Waals surface area contributed by atoms with Gasteiger partial charge in [0, 0.05) is 54.9 Å². The number of rotatable bonds is 4. The van der Waals surface area contributed by atoms with Gasteiger partial charge in [-0.25, -0.2) is 4.79 Å². The first kappa shape index (κ1) is 21.4. The number of nitro groups is 1. The number of amides is 1. The molecule has 1 fully saturated rings. The van der Waals surface area contributed by atoms with Crippen molar-refractivity contribution in [1.82, 2.24) is 4.90 Å². The fourth-order valence-electron chi connectivity index (χ4n) is 4.22. The highest BCUT2D eigenvalue weighted by atomic mass is 16.6. The average Bonchev–Trinajstić information content (AvgIpc) is 2.88. The summed E-state index contributed by atoms with van der Waals surface area (Å²) >= 11 is 0. The van der Waals surface area contributed by atoms with Gasteiger partial charge in [0.1, 0.15) is 5.58 Å². The predicted octanol–water partition coefficient (Wildman–Crippen LogP) is 4.33. The minimum absolute atomic E-state index is 0.0536. The molecule has 8 nitrogen and oxygen atoms in total. The molecule has 170 valence electrons. The molecule has 1 aliphatic heterocycles. The lowest BCUT2D eigenvalue weighted by molar-refractivity contribution is -0.384. The lowest BCUT2D eigenvalue weighted by atomic mass is 10.0. The van der Waals surface area contributed by atoms with E-state index in [0.717, 1.165) is 11.1 Å². The van der Waals surface area contributed by atoms with Gasteiger partial charge in [0.2, 0.25) is 0 Å². The molecule has 1 aromatic heterocycles. The van der Waals surface area contributed by atoms with Crippen LogP contribution >= 0.6 is 0 Å². The van der Waals surface area contributed by atoms with Crippen LogP contribution in [0.4, 0.5) is 11.4 Å². The molecule has 0 spiro atoms. The van der Waals surface area contributed by atoms with E-state index in [4.69, 9.17) is 4.42 Å². The molecule has 8 heteroatoms. The molecule has 0 saturated carbocycles. The molecule has 0 radical (unpaired) electrons. The Labute approximate surface area is 194 Å². The van der Waals surface area contributed by atoms with Gasteiger partial charge in [-0.05, 0) is 42.0 Å². The van der Waals surface area contributed by atoms with E-state index >= 15 is 0 Å². The first-order valence-corrected chi connectivity index (χ1v) is 10.9. The fourth-order valence-corrected chi connectivity index (χ4v) is 4.22. The van der Waals surface area contributed by atoms with Gasteiger partial charge in [-0.3, -0.25) is 14.9 Å². The number of nitrogens with zero attached hydrogens (tertiary/aromatic N) is 3. The number of hydrogen-bond acceptors (Lipinski definition) is 6. The Morgan fingerprint density at radius 3 is 2.35 bits per heavy atom. The number of carbonyl (C=O) groups excluding carboxylic acids is 1. The minimum atomic E-state index is -0.444. The Hall–Kier alpha value is -4.46. The van der Waals surface area contributed by atoms with E-state index in [1.165, 1.54) is 12.1 Å². The van der Waals surface area contributed by atoms with Crippen LogP contribution in [0, 0.1) is 10.1 Å². The van der Waals surface area contributed by atoms with E-state index in [2.05, 4.69) is 4.90 Å². The fraction of sp³-hybridized carbons (Fsp3) is 0.154. The number of anilines is 1. The van der Waals surface area contributed by atoms with Gasteiger partial charge in [0.25, 0.3) is 11.6 Å². The molecular formula is C26H21N3O5. The van der Waals surface area contributed by atoms with Crippen molar-refractivity contribution in [2.75, 3.05) is 31.1 Å². The Kier molecular flexibility index (Phi) is 5.55. The van der Waals surface area contributed by atoms with Crippen LogP contribution in [0.15, 0.2) is 88.1 Å². The first-order valence-electron chi connectivity index (χ1n) is 10.9. The predicted molar refractivity (Wildman–Crippen MR) is 129 cm³/mol. The van der Waals surface area contributed by atoms with Crippen molar-refractivity contribution in [1.29, 1.82) is 0 Å². The van der Waals surface area contributed by atoms with Crippen molar-refractivity contribution >= 4 is 28.3 Å². The SMILES string of the molecule is O=C(c1cccc(-c2cc3ccccc3oc2=O)c1)N1CCN(c2ccc([N+](=O)[O-])cc2)CC1. The Morgan fingerprint density at radius 2 is 1.62 bits per heavy atom. The summed E-state index contributed by atoms with van der Waals surface area (Å²) in [4.78, 5) is 40.0. The summed E-state index contributed by atoms with van der Waals surface area (Å²) in [6, 6.07) is 22.6. The van der Waals surface area contributed by atoms with Crippen LogP contribution < -0.4 is 10.5 Å². The van der Waals surface area contributed by atoms with Crippen molar-refractivity contribution in [2.45, 2.75) is 0 Å². The molecule has 0 atom stereocenters. The summed E-state index contributed by atoms with van der Waals surface area (Å²) in [5.41, 5.74) is 2.58. The Balaban J connectivity index is 1.32. The molecule has 1 amide bonds. The molecule has 0 bridgehead atoms. The van der Waals surface area contributed by atoms with E-state index in [1.54, 1.807) is 53.4 Å². The van der Waals surface area contributed by atoms with Crippen LogP contribution in [0.5, 0.6) is 0 Å². The molecule has 3 aromatic carbocycles. The summed E-state index contributed by atoms with van der Waals surface area (Å²) in [5, 5.41) is 11.7. The van der Waals surface area contributed by atoms with Crippen LogP contribution in [0.3, 0.4) is 0 Å². The van der Waals surface area contributed by atoms with E-state index in [-0.39, 0.29) is 11.6 Å². The number of benzene rings is 3. The highest BCUT2D eigenvalue weighted by Crippen LogP contribution is 2.24. The van der Waals surface area contributed by atoms with Gasteiger partial charge >= 0.3 is 5.63 Å². The van der Waals surface area contributed by atoms with Crippen LogP contribution in [-0.4, -0.2) is 41.9 Å². The maximum absolute atomic E-state index is 13.2. The third kappa shape index (κ3) is 4.13. The van der Waals surface area contributed by atoms with Crippen molar-refractivity contribution in [3.05, 3.63) is 105 Å². The number of hydrogen-bond donors (Lipinski definition) is 0. The molecule has 4 aromatic rings. The van der Waals surface area contributed by atoms with Gasteiger partial charge in [-0.2, -0.15) is 0 Å². The number of fused-ring (bicyclic) bond motifs is 1. The molecule has 1 saturated heterocycles. The third-order valence-electron chi connectivity index (χ3n) is 6.05. The summed E-state index contributed by atoms with van der Waals surface area (Å²) < 4.78 is 5.44. The smallest absolute Gasteiger partial charge is 0.344 e. The van der Waals surface area contributed by atoms with Crippen molar-refractivity contribution in [3.8, 4) is 11.1 Å². The Morgan fingerprint density at radius 1 is 0.882 bits per heavy atom. The lowest BCUT2D eigenvalue weighted by Gasteiger charge is -2.36. The topological polar surface area (TPSA) is 96.9 Å². The third-order valence-corrected chi connectivity index (χ3v) is 6.05. The second-order valence-electron chi connectivity index (χ2n) is 8.12. The van der Waals surface area contributed by atoms with Gasteiger partial charge in [-0.1, -0.05) is 30.3 Å². The van der Waals surface area contributed by atoms with E-state index in [0.29, 0.717) is 48.5 Å². The maximum atomic E-state index is 13.2. The number of carbonyl (C=O) groups is 1. The molecule has 34 heavy (non-hydrogen) atoms. The minimum Gasteiger partial charge on any atom is -0.422 e. The van der Waals surface area contributed by atoms with Crippen molar-refractivity contribution in [2.24, 2.45) is 0 Å². The largest absolute Gasteiger partial charge is 0.422 e. The molecule has 5 rings (SSSR count). The second kappa shape index (κ2) is 8.82. The standard InChI is InChI=1S/C26H21N3O5/c30-25(28-14-12-27(13-15-28)21-8-10-22(11-9-21)29(32)33)20-6-3-5-18(16-20)23-17-19-4-1-2-7-24(19)34-26(23)31/h1-11,16-17H,12-15H2. The molecule has 2 heterocycles. The summed E-state index contributed by atoms with van der Waals surface area (Å²) in [7, 11) is 0. The zero-order valence-corrected chi connectivity index (χ0v) is 18.2. The lowest BCUT2D eigenvalue weighted by Crippen LogP contribution is -2.48. The second-order valence-corrected chi connectivity index (χ2v) is 8.12. The van der Waals surface area contributed by atoms with Gasteiger partial charge in [-0.15, -0.1) is 0 Å². The zero-order chi connectivity index (χ0) is 23.7. The highest BCUT2D eigenvalue weighted by molar-refractivity contribution is 5.96. The van der Waals surface area contributed by atoms with Gasteiger partial charge < -0.3 is 14.2 Å². The molecule has 0 unspecified atom stereocenters. The zero-order valence-electron chi connectivity index (χ0n) is 18.2. The number of para-hydroxylation sites is 1. The summed E-state index contributed by atoms with van der Waals surface area (Å²) in [6.45, 7) is 2.30. The van der Waals surface area contributed by atoms with E-state index in [1.807, 2.05) is 18.2 Å². The van der Waals surface area contributed by atoms with Gasteiger partial charge in [0.05, 0.1) is 10.5 Å². The number of nitro benzene ring substituents is 1. The van der Waals surface area contributed by atoms with Crippen LogP contribution in [0.2, 0.25) is 0 Å². The Bertz CT molecular complexity index is 1440. The summed E-state index contributed by atoms with van der Waals surface area (Å²) in [5.74, 6) is -0.102. The molecular weight excluding hydrogens is 434 g/mol.